The van der Waals surface area contributed by atoms with Gasteiger partial charge in [-0.05, 0) is 52.5 Å². The van der Waals surface area contributed by atoms with Crippen molar-refractivity contribution in [2.24, 2.45) is 0 Å². The van der Waals surface area contributed by atoms with Gasteiger partial charge < -0.3 is 19.2 Å². The van der Waals surface area contributed by atoms with Crippen molar-refractivity contribution in [1.29, 1.82) is 0 Å². The topological polar surface area (TPSA) is 27.7 Å². The number of hydrogen-bond donors (Lipinski definition) is 1. The van der Waals surface area contributed by atoms with Gasteiger partial charge in [0, 0.05) is 38.8 Å². The summed E-state index contributed by atoms with van der Waals surface area (Å²) in [5.41, 5.74) is 0. The zero-order valence-electron chi connectivity index (χ0n) is 16.7. The fourth-order valence-corrected chi connectivity index (χ4v) is 6.20. The molecule has 0 saturated carbocycles. The SMILES string of the molecule is CC(CCN1CCNCC1)O[Si](C)(C)CCCN(C)[Si](C)(C)C. The Morgan fingerprint density at radius 3 is 2.30 bits per heavy atom. The first kappa shape index (κ1) is 21.3. The van der Waals surface area contributed by atoms with Gasteiger partial charge in [0.15, 0.2) is 8.32 Å². The molecule has 0 aliphatic carbocycles. The predicted octanol–water partition coefficient (Wildman–Crippen LogP) is 3.05. The first-order valence-corrected chi connectivity index (χ1v) is 16.0. The summed E-state index contributed by atoms with van der Waals surface area (Å²) in [6.45, 7) is 21.4. The van der Waals surface area contributed by atoms with Crippen LogP contribution < -0.4 is 5.32 Å². The molecule has 1 atom stereocenters. The smallest absolute Gasteiger partial charge is 0.187 e. The maximum atomic E-state index is 6.49. The molecule has 0 amide bonds. The molecule has 23 heavy (non-hydrogen) atoms. The van der Waals surface area contributed by atoms with Gasteiger partial charge in [-0.3, -0.25) is 0 Å². The van der Waals surface area contributed by atoms with Gasteiger partial charge in [0.2, 0.25) is 0 Å². The molecule has 0 aromatic rings. The number of rotatable bonds is 10. The highest BCUT2D eigenvalue weighted by Gasteiger charge is 2.26. The van der Waals surface area contributed by atoms with Crippen LogP contribution in [0.25, 0.3) is 0 Å². The van der Waals surface area contributed by atoms with Crippen LogP contribution in [0.5, 0.6) is 0 Å². The van der Waals surface area contributed by atoms with Gasteiger partial charge in [-0.2, -0.15) is 0 Å². The van der Waals surface area contributed by atoms with E-state index in [0.29, 0.717) is 6.10 Å². The molecule has 6 heteroatoms. The zero-order chi connectivity index (χ0) is 17.5. The van der Waals surface area contributed by atoms with Crippen LogP contribution in [0.2, 0.25) is 38.8 Å². The van der Waals surface area contributed by atoms with Gasteiger partial charge in [0.05, 0.1) is 0 Å². The van der Waals surface area contributed by atoms with Crippen molar-refractivity contribution in [3.8, 4) is 0 Å². The summed E-state index contributed by atoms with van der Waals surface area (Å²) in [4.78, 5) is 2.56. The summed E-state index contributed by atoms with van der Waals surface area (Å²) < 4.78 is 9.07. The molecule has 0 radical (unpaired) electrons. The Labute approximate surface area is 147 Å². The molecule has 1 aliphatic heterocycles. The van der Waals surface area contributed by atoms with Crippen molar-refractivity contribution in [1.82, 2.24) is 14.8 Å². The van der Waals surface area contributed by atoms with Gasteiger partial charge in [-0.1, -0.05) is 19.6 Å². The minimum Gasteiger partial charge on any atom is -0.415 e. The van der Waals surface area contributed by atoms with E-state index in [1.54, 1.807) is 0 Å². The minimum absolute atomic E-state index is 0.404. The first-order valence-electron chi connectivity index (χ1n) is 9.42. The van der Waals surface area contributed by atoms with Crippen LogP contribution in [0, 0.1) is 0 Å². The van der Waals surface area contributed by atoms with Gasteiger partial charge >= 0.3 is 0 Å². The van der Waals surface area contributed by atoms with E-state index in [9.17, 15) is 0 Å². The molecular weight excluding hydrogens is 318 g/mol. The van der Waals surface area contributed by atoms with Gasteiger partial charge in [-0.25, -0.2) is 0 Å². The average molecular weight is 360 g/mol. The number of hydrogen-bond acceptors (Lipinski definition) is 4. The lowest BCUT2D eigenvalue weighted by Gasteiger charge is -2.33. The van der Waals surface area contributed by atoms with E-state index in [4.69, 9.17) is 4.43 Å². The number of nitrogens with zero attached hydrogens (tertiary/aromatic N) is 2. The molecular formula is C17H41N3OSi2. The molecule has 0 aromatic heterocycles. The van der Waals surface area contributed by atoms with Crippen LogP contribution in [-0.2, 0) is 4.43 Å². The van der Waals surface area contributed by atoms with E-state index in [-0.39, 0.29) is 0 Å². The van der Waals surface area contributed by atoms with E-state index in [2.05, 4.69) is 61.5 Å². The predicted molar refractivity (Wildman–Crippen MR) is 107 cm³/mol. The van der Waals surface area contributed by atoms with E-state index >= 15 is 0 Å². The molecule has 0 aromatic carbocycles. The van der Waals surface area contributed by atoms with Crippen LogP contribution in [-0.4, -0.2) is 78.4 Å². The van der Waals surface area contributed by atoms with Crippen LogP contribution in [0.3, 0.4) is 0 Å². The summed E-state index contributed by atoms with van der Waals surface area (Å²) in [6.07, 6.45) is 2.86. The highest BCUT2D eigenvalue weighted by atomic mass is 28.4. The lowest BCUT2D eigenvalue weighted by atomic mass is 10.2. The van der Waals surface area contributed by atoms with Crippen LogP contribution in [0.4, 0.5) is 0 Å². The Balaban J connectivity index is 2.21. The second-order valence-corrected chi connectivity index (χ2v) is 18.1. The molecule has 0 bridgehead atoms. The minimum atomic E-state index is -1.52. The summed E-state index contributed by atoms with van der Waals surface area (Å²) >= 11 is 0. The van der Waals surface area contributed by atoms with E-state index in [1.807, 2.05) is 0 Å². The van der Waals surface area contributed by atoms with Crippen molar-refractivity contribution < 1.29 is 4.43 Å². The Bertz CT molecular complexity index is 328. The van der Waals surface area contributed by atoms with Crippen molar-refractivity contribution in [2.75, 3.05) is 46.3 Å². The second kappa shape index (κ2) is 9.68. The third kappa shape index (κ3) is 9.36. The molecule has 1 aliphatic rings. The third-order valence-electron chi connectivity index (χ3n) is 5.00. The fourth-order valence-electron chi connectivity index (χ4n) is 3.04. The van der Waals surface area contributed by atoms with Crippen LogP contribution >= 0.6 is 0 Å². The standard InChI is InChI=1S/C17H41N3OSi2/c1-17(9-13-20-14-10-18-11-15-20)21-23(6,7)16-8-12-19(2)22(3,4)5/h17-18H,8-16H2,1-7H3. The number of piperazine rings is 1. The quantitative estimate of drug-likeness (QED) is 0.607. The molecule has 138 valence electrons. The Hall–Kier alpha value is 0.274. The summed E-state index contributed by atoms with van der Waals surface area (Å²) in [5.74, 6) is 0. The normalized spacial score (nSPS) is 19.3. The van der Waals surface area contributed by atoms with Gasteiger partial charge in [-0.15, -0.1) is 0 Å². The molecule has 1 heterocycles. The van der Waals surface area contributed by atoms with E-state index < -0.39 is 16.6 Å². The molecule has 1 fully saturated rings. The molecule has 1 N–H and O–H groups in total. The third-order valence-corrected chi connectivity index (χ3v) is 10.1. The maximum absolute atomic E-state index is 6.49. The summed E-state index contributed by atoms with van der Waals surface area (Å²) in [7, 11) is -0.355. The molecule has 1 rings (SSSR count). The summed E-state index contributed by atoms with van der Waals surface area (Å²) in [6, 6.07) is 1.28. The Morgan fingerprint density at radius 1 is 1.13 bits per heavy atom. The van der Waals surface area contributed by atoms with Crippen molar-refractivity contribution >= 4 is 16.6 Å². The zero-order valence-corrected chi connectivity index (χ0v) is 18.7. The van der Waals surface area contributed by atoms with Crippen molar-refractivity contribution in [3.05, 3.63) is 0 Å². The highest BCUT2D eigenvalue weighted by molar-refractivity contribution is 6.73. The molecule has 0 spiro atoms. The summed E-state index contributed by atoms with van der Waals surface area (Å²) in [5, 5.41) is 3.42. The lowest BCUT2D eigenvalue weighted by molar-refractivity contribution is 0.160. The molecule has 1 saturated heterocycles. The largest absolute Gasteiger partial charge is 0.415 e. The van der Waals surface area contributed by atoms with Gasteiger partial charge in [0.1, 0.15) is 8.24 Å². The lowest BCUT2D eigenvalue weighted by Crippen LogP contribution is -2.45. The monoisotopic (exact) mass is 359 g/mol. The molecule has 1 unspecified atom stereocenters. The Kier molecular flexibility index (Phi) is 8.97. The van der Waals surface area contributed by atoms with E-state index in [1.165, 1.54) is 45.1 Å². The van der Waals surface area contributed by atoms with Crippen molar-refractivity contribution in [2.45, 2.75) is 64.6 Å². The van der Waals surface area contributed by atoms with Crippen molar-refractivity contribution in [3.63, 3.8) is 0 Å². The first-order chi connectivity index (χ1) is 10.6. The number of nitrogens with one attached hydrogen (secondary N) is 1. The maximum Gasteiger partial charge on any atom is 0.187 e. The highest BCUT2D eigenvalue weighted by Crippen LogP contribution is 2.19. The van der Waals surface area contributed by atoms with Crippen LogP contribution in [0.15, 0.2) is 0 Å². The van der Waals surface area contributed by atoms with E-state index in [0.717, 1.165) is 13.1 Å². The van der Waals surface area contributed by atoms with Gasteiger partial charge in [0.25, 0.3) is 0 Å². The molecule has 4 nitrogen and oxygen atoms in total. The fraction of sp³-hybridized carbons (Fsp3) is 1.00. The Morgan fingerprint density at radius 2 is 1.74 bits per heavy atom. The van der Waals surface area contributed by atoms with Crippen LogP contribution in [0.1, 0.15) is 19.8 Å². The average Bonchev–Trinajstić information content (AvgIpc) is 2.44. The second-order valence-electron chi connectivity index (χ2n) is 8.76.